The van der Waals surface area contributed by atoms with Crippen LogP contribution in [0.1, 0.15) is 32.8 Å². The fraction of sp³-hybridized carbons (Fsp3) is 0.500. The fourth-order valence-corrected chi connectivity index (χ4v) is 1.28. The summed E-state index contributed by atoms with van der Waals surface area (Å²) in [5.74, 6) is -0.155. The molecule has 0 spiro atoms. The SMILES string of the molecule is CCC(C)(C)Cc1ccc(F)cc1. The zero-order valence-electron chi connectivity index (χ0n) is 8.60. The molecule has 0 unspecified atom stereocenters. The van der Waals surface area contributed by atoms with Gasteiger partial charge in [0, 0.05) is 0 Å². The molecule has 72 valence electrons. The maximum Gasteiger partial charge on any atom is 0.123 e. The van der Waals surface area contributed by atoms with Gasteiger partial charge in [-0.3, -0.25) is 0 Å². The van der Waals surface area contributed by atoms with Gasteiger partial charge in [0.15, 0.2) is 0 Å². The molecule has 1 aromatic rings. The van der Waals surface area contributed by atoms with E-state index in [1.165, 1.54) is 17.7 Å². The molecule has 0 N–H and O–H groups in total. The first-order valence-corrected chi connectivity index (χ1v) is 4.78. The van der Waals surface area contributed by atoms with Crippen molar-refractivity contribution in [1.29, 1.82) is 0 Å². The lowest BCUT2D eigenvalue weighted by Crippen LogP contribution is -2.13. The Morgan fingerprint density at radius 2 is 1.69 bits per heavy atom. The van der Waals surface area contributed by atoms with Crippen LogP contribution in [0.15, 0.2) is 24.3 Å². The minimum absolute atomic E-state index is 0.155. The van der Waals surface area contributed by atoms with Crippen LogP contribution in [0.5, 0.6) is 0 Å². The summed E-state index contributed by atoms with van der Waals surface area (Å²) in [6.45, 7) is 6.65. The highest BCUT2D eigenvalue weighted by atomic mass is 19.1. The van der Waals surface area contributed by atoms with E-state index in [4.69, 9.17) is 0 Å². The molecule has 1 aromatic carbocycles. The fourth-order valence-electron chi connectivity index (χ4n) is 1.28. The van der Waals surface area contributed by atoms with Crippen LogP contribution in [0.3, 0.4) is 0 Å². The normalized spacial score (nSPS) is 11.7. The molecule has 0 heterocycles. The van der Waals surface area contributed by atoms with Crippen molar-refractivity contribution in [3.63, 3.8) is 0 Å². The highest BCUT2D eigenvalue weighted by molar-refractivity contribution is 5.17. The van der Waals surface area contributed by atoms with Gasteiger partial charge in [0.25, 0.3) is 0 Å². The van der Waals surface area contributed by atoms with Crippen LogP contribution in [0.25, 0.3) is 0 Å². The minimum atomic E-state index is -0.155. The molecule has 13 heavy (non-hydrogen) atoms. The van der Waals surface area contributed by atoms with Crippen LogP contribution in [0, 0.1) is 11.2 Å². The lowest BCUT2D eigenvalue weighted by atomic mass is 9.83. The van der Waals surface area contributed by atoms with Crippen molar-refractivity contribution >= 4 is 0 Å². The Morgan fingerprint density at radius 3 is 2.15 bits per heavy atom. The standard InChI is InChI=1S/C12H17F/c1-4-12(2,3)9-10-5-7-11(13)8-6-10/h5-8H,4,9H2,1-3H3. The summed E-state index contributed by atoms with van der Waals surface area (Å²) in [5.41, 5.74) is 1.53. The minimum Gasteiger partial charge on any atom is -0.207 e. The first-order valence-electron chi connectivity index (χ1n) is 4.78. The van der Waals surface area contributed by atoms with E-state index < -0.39 is 0 Å². The average molecular weight is 180 g/mol. The second-order valence-corrected chi connectivity index (χ2v) is 4.32. The molecule has 0 aliphatic carbocycles. The number of rotatable bonds is 3. The Balaban J connectivity index is 2.69. The molecule has 0 amide bonds. The Labute approximate surface area is 79.8 Å². The van der Waals surface area contributed by atoms with Gasteiger partial charge in [-0.25, -0.2) is 4.39 Å². The van der Waals surface area contributed by atoms with Crippen LogP contribution in [-0.2, 0) is 6.42 Å². The van der Waals surface area contributed by atoms with Gasteiger partial charge in [0.2, 0.25) is 0 Å². The summed E-state index contributed by atoms with van der Waals surface area (Å²) in [6.07, 6.45) is 2.16. The van der Waals surface area contributed by atoms with Gasteiger partial charge in [-0.05, 0) is 29.5 Å². The third-order valence-electron chi connectivity index (χ3n) is 2.55. The maximum atomic E-state index is 12.6. The summed E-state index contributed by atoms with van der Waals surface area (Å²) in [6, 6.07) is 6.79. The molecule has 0 radical (unpaired) electrons. The summed E-state index contributed by atoms with van der Waals surface area (Å²) in [5, 5.41) is 0. The van der Waals surface area contributed by atoms with E-state index >= 15 is 0 Å². The van der Waals surface area contributed by atoms with Gasteiger partial charge in [0.05, 0.1) is 0 Å². The van der Waals surface area contributed by atoms with E-state index in [2.05, 4.69) is 20.8 Å². The molecular weight excluding hydrogens is 163 g/mol. The van der Waals surface area contributed by atoms with Gasteiger partial charge in [-0.2, -0.15) is 0 Å². The van der Waals surface area contributed by atoms with Crippen molar-refractivity contribution < 1.29 is 4.39 Å². The second-order valence-electron chi connectivity index (χ2n) is 4.32. The van der Waals surface area contributed by atoms with Gasteiger partial charge in [0.1, 0.15) is 5.82 Å². The Bertz CT molecular complexity index is 259. The van der Waals surface area contributed by atoms with Crippen LogP contribution in [-0.4, -0.2) is 0 Å². The first kappa shape index (κ1) is 10.2. The van der Waals surface area contributed by atoms with Crippen LogP contribution >= 0.6 is 0 Å². The number of hydrogen-bond acceptors (Lipinski definition) is 0. The van der Waals surface area contributed by atoms with Gasteiger partial charge >= 0.3 is 0 Å². The van der Waals surface area contributed by atoms with E-state index in [9.17, 15) is 4.39 Å². The van der Waals surface area contributed by atoms with E-state index in [-0.39, 0.29) is 5.82 Å². The van der Waals surface area contributed by atoms with Gasteiger partial charge in [-0.15, -0.1) is 0 Å². The average Bonchev–Trinajstić information content (AvgIpc) is 2.09. The molecule has 0 aromatic heterocycles. The summed E-state index contributed by atoms with van der Waals surface area (Å²) in [4.78, 5) is 0. The predicted octanol–water partition coefficient (Wildman–Crippen LogP) is 3.80. The highest BCUT2D eigenvalue weighted by Gasteiger charge is 2.15. The summed E-state index contributed by atoms with van der Waals surface area (Å²) in [7, 11) is 0. The monoisotopic (exact) mass is 180 g/mol. The lowest BCUT2D eigenvalue weighted by Gasteiger charge is -2.22. The quantitative estimate of drug-likeness (QED) is 0.663. The van der Waals surface area contributed by atoms with E-state index in [0.717, 1.165) is 12.8 Å². The highest BCUT2D eigenvalue weighted by Crippen LogP contribution is 2.25. The second kappa shape index (κ2) is 3.91. The van der Waals surface area contributed by atoms with Gasteiger partial charge < -0.3 is 0 Å². The van der Waals surface area contributed by atoms with Crippen molar-refractivity contribution in [2.45, 2.75) is 33.6 Å². The van der Waals surface area contributed by atoms with Crippen molar-refractivity contribution in [2.24, 2.45) is 5.41 Å². The maximum absolute atomic E-state index is 12.6. The van der Waals surface area contributed by atoms with E-state index in [0.29, 0.717) is 5.41 Å². The number of halogens is 1. The third kappa shape index (κ3) is 3.17. The molecule has 0 saturated heterocycles. The summed E-state index contributed by atoms with van der Waals surface area (Å²) >= 11 is 0. The van der Waals surface area contributed by atoms with Crippen molar-refractivity contribution in [2.75, 3.05) is 0 Å². The smallest absolute Gasteiger partial charge is 0.123 e. The Morgan fingerprint density at radius 1 is 1.15 bits per heavy atom. The molecule has 0 fully saturated rings. The third-order valence-corrected chi connectivity index (χ3v) is 2.55. The van der Waals surface area contributed by atoms with E-state index in [1.807, 2.05) is 12.1 Å². The summed E-state index contributed by atoms with van der Waals surface area (Å²) < 4.78 is 12.6. The topological polar surface area (TPSA) is 0 Å². The molecule has 0 saturated carbocycles. The van der Waals surface area contributed by atoms with Crippen molar-refractivity contribution in [3.05, 3.63) is 35.6 Å². The first-order chi connectivity index (χ1) is 6.03. The van der Waals surface area contributed by atoms with Crippen LogP contribution in [0.4, 0.5) is 4.39 Å². The molecular formula is C12H17F. The molecule has 1 rings (SSSR count). The van der Waals surface area contributed by atoms with Crippen LogP contribution in [0.2, 0.25) is 0 Å². The number of benzene rings is 1. The zero-order chi connectivity index (χ0) is 9.90. The largest absolute Gasteiger partial charge is 0.207 e. The Kier molecular flexibility index (Phi) is 3.07. The van der Waals surface area contributed by atoms with Crippen LogP contribution < -0.4 is 0 Å². The van der Waals surface area contributed by atoms with Crippen molar-refractivity contribution in [3.8, 4) is 0 Å². The van der Waals surface area contributed by atoms with E-state index in [1.54, 1.807) is 0 Å². The Hall–Kier alpha value is -0.850. The molecule has 0 aliphatic rings. The molecule has 0 aliphatic heterocycles. The molecule has 0 nitrogen and oxygen atoms in total. The zero-order valence-corrected chi connectivity index (χ0v) is 8.60. The van der Waals surface area contributed by atoms with Gasteiger partial charge in [-0.1, -0.05) is 39.3 Å². The van der Waals surface area contributed by atoms with Crippen molar-refractivity contribution in [1.82, 2.24) is 0 Å². The molecule has 0 atom stereocenters. The predicted molar refractivity (Wildman–Crippen MR) is 54.2 cm³/mol. The molecule has 0 bridgehead atoms. The number of hydrogen-bond donors (Lipinski definition) is 0. The molecule has 1 heteroatoms. The lowest BCUT2D eigenvalue weighted by molar-refractivity contribution is 0.349.